The number of benzene rings is 2. The number of hydrogen-bond acceptors (Lipinski definition) is 7. The van der Waals surface area contributed by atoms with Crippen LogP contribution in [0.1, 0.15) is 67.1 Å². The van der Waals surface area contributed by atoms with Gasteiger partial charge in [0.25, 0.3) is 11.8 Å². The van der Waals surface area contributed by atoms with E-state index >= 15 is 0 Å². The number of carbonyl (C=O) groups is 3. The predicted octanol–water partition coefficient (Wildman–Crippen LogP) is 4.50. The van der Waals surface area contributed by atoms with E-state index in [9.17, 15) is 22.8 Å². The summed E-state index contributed by atoms with van der Waals surface area (Å²) in [5, 5.41) is 3.73. The van der Waals surface area contributed by atoms with Crippen molar-refractivity contribution in [3.8, 4) is 11.3 Å². The van der Waals surface area contributed by atoms with Crippen molar-refractivity contribution in [2.24, 2.45) is 11.7 Å². The number of likely N-dealkylation sites (N-methyl/N-ethyl adjacent to an activating group) is 1. The maximum absolute atomic E-state index is 14.5. The van der Waals surface area contributed by atoms with Gasteiger partial charge in [0.2, 0.25) is 15.9 Å². The quantitative estimate of drug-likeness (QED) is 0.283. The Kier molecular flexibility index (Phi) is 11.3. The number of unbranched alkanes of at least 4 members (excludes halogenated alkanes) is 1. The van der Waals surface area contributed by atoms with Gasteiger partial charge in [-0.3, -0.25) is 14.4 Å². The molecule has 0 aliphatic rings. The number of nitrogens with two attached hydrogens (primary N) is 1. The van der Waals surface area contributed by atoms with Crippen LogP contribution in [-0.2, 0) is 26.0 Å². The molecule has 3 amide bonds. The lowest BCUT2D eigenvalue weighted by molar-refractivity contribution is -0.137. The first-order valence-corrected chi connectivity index (χ1v) is 16.1. The molecule has 232 valence electrons. The Labute approximate surface area is 254 Å². The summed E-state index contributed by atoms with van der Waals surface area (Å²) >= 11 is 0. The van der Waals surface area contributed by atoms with Crippen LogP contribution in [0, 0.1) is 19.8 Å². The van der Waals surface area contributed by atoms with Crippen molar-refractivity contribution in [1.29, 1.82) is 0 Å². The van der Waals surface area contributed by atoms with E-state index in [0.29, 0.717) is 34.0 Å². The van der Waals surface area contributed by atoms with E-state index in [1.807, 2.05) is 40.7 Å². The summed E-state index contributed by atoms with van der Waals surface area (Å²) in [7, 11) is -2.78. The Hall–Kier alpha value is -3.99. The molecule has 0 spiro atoms. The fourth-order valence-electron chi connectivity index (χ4n) is 5.06. The summed E-state index contributed by atoms with van der Waals surface area (Å²) in [6, 6.07) is 11.6. The molecule has 3 aromatic rings. The van der Waals surface area contributed by atoms with E-state index in [1.165, 1.54) is 18.1 Å². The molecule has 2 N–H and O–H groups in total. The van der Waals surface area contributed by atoms with Crippen LogP contribution in [0.5, 0.6) is 0 Å². The average Bonchev–Trinajstić information content (AvgIpc) is 3.48. The van der Waals surface area contributed by atoms with Crippen molar-refractivity contribution in [3.05, 3.63) is 77.0 Å². The van der Waals surface area contributed by atoms with Gasteiger partial charge in [0.15, 0.2) is 5.76 Å². The number of rotatable bonds is 14. The molecular formula is C32H42N4O6S. The van der Waals surface area contributed by atoms with E-state index in [2.05, 4.69) is 5.16 Å². The number of carbonyl (C=O) groups excluding carboxylic acids is 3. The second-order valence-electron chi connectivity index (χ2n) is 11.4. The molecule has 0 bridgehead atoms. The molecule has 2 aromatic carbocycles. The molecule has 0 unspecified atom stereocenters. The molecule has 0 radical (unpaired) electrons. The Bertz CT molecular complexity index is 1500. The Morgan fingerprint density at radius 3 is 2.12 bits per heavy atom. The molecule has 0 aliphatic heterocycles. The normalized spacial score (nSPS) is 13.0. The minimum absolute atomic E-state index is 0.00445. The number of nitrogens with zero attached hydrogens (tertiary/aromatic N) is 3. The SMILES string of the molecule is CCCCS(=O)(=O)N(C(=O)[C@H](Cc1ccc(-c2ccno2)cc1)N(C)C(=O)c1cc(C)cc(C)c1)[C@@H](CC(C)C)C(N)=O. The van der Waals surface area contributed by atoms with Gasteiger partial charge in [0.05, 0.1) is 11.9 Å². The van der Waals surface area contributed by atoms with Crippen molar-refractivity contribution >= 4 is 27.7 Å². The molecule has 10 nitrogen and oxygen atoms in total. The summed E-state index contributed by atoms with van der Waals surface area (Å²) in [5.74, 6) is -2.14. The number of sulfonamides is 1. The molecule has 0 saturated heterocycles. The van der Waals surface area contributed by atoms with Crippen LogP contribution in [0.4, 0.5) is 0 Å². The van der Waals surface area contributed by atoms with Crippen molar-refractivity contribution < 1.29 is 27.3 Å². The molecule has 0 aliphatic carbocycles. The van der Waals surface area contributed by atoms with Gasteiger partial charge >= 0.3 is 0 Å². The molecular weight excluding hydrogens is 568 g/mol. The highest BCUT2D eigenvalue weighted by Crippen LogP contribution is 2.25. The number of amides is 3. The lowest BCUT2D eigenvalue weighted by Gasteiger charge is -2.36. The highest BCUT2D eigenvalue weighted by molar-refractivity contribution is 7.89. The van der Waals surface area contributed by atoms with Gasteiger partial charge in [-0.05, 0) is 50.3 Å². The third kappa shape index (κ3) is 8.53. The van der Waals surface area contributed by atoms with Crippen LogP contribution in [0.15, 0.2) is 59.3 Å². The van der Waals surface area contributed by atoms with Gasteiger partial charge in [-0.15, -0.1) is 0 Å². The smallest absolute Gasteiger partial charge is 0.259 e. The van der Waals surface area contributed by atoms with Gasteiger partial charge in [-0.2, -0.15) is 0 Å². The highest BCUT2D eigenvalue weighted by atomic mass is 32.2. The minimum Gasteiger partial charge on any atom is -0.368 e. The van der Waals surface area contributed by atoms with Crippen molar-refractivity contribution in [1.82, 2.24) is 14.4 Å². The molecule has 1 heterocycles. The Balaban J connectivity index is 2.12. The van der Waals surface area contributed by atoms with Crippen LogP contribution in [0.3, 0.4) is 0 Å². The summed E-state index contributed by atoms with van der Waals surface area (Å²) in [4.78, 5) is 42.2. The van der Waals surface area contributed by atoms with Crippen LogP contribution in [0.25, 0.3) is 11.3 Å². The molecule has 0 fully saturated rings. The average molecular weight is 611 g/mol. The third-order valence-electron chi connectivity index (χ3n) is 7.23. The lowest BCUT2D eigenvalue weighted by Crippen LogP contribution is -2.58. The monoisotopic (exact) mass is 610 g/mol. The number of aryl methyl sites for hydroxylation is 2. The van der Waals surface area contributed by atoms with E-state index in [1.54, 1.807) is 42.5 Å². The first kappa shape index (κ1) is 33.5. The summed E-state index contributed by atoms with van der Waals surface area (Å²) in [6.45, 7) is 9.21. The van der Waals surface area contributed by atoms with Gasteiger partial charge in [0.1, 0.15) is 12.1 Å². The Morgan fingerprint density at radius 2 is 1.60 bits per heavy atom. The van der Waals surface area contributed by atoms with Crippen molar-refractivity contribution in [3.63, 3.8) is 0 Å². The Morgan fingerprint density at radius 1 is 0.977 bits per heavy atom. The number of aromatic nitrogens is 1. The minimum atomic E-state index is -4.26. The first-order valence-electron chi connectivity index (χ1n) is 14.5. The van der Waals surface area contributed by atoms with Crippen molar-refractivity contribution in [2.75, 3.05) is 12.8 Å². The summed E-state index contributed by atoms with van der Waals surface area (Å²) in [5.41, 5.74) is 9.28. The van der Waals surface area contributed by atoms with Gasteiger partial charge in [-0.1, -0.05) is 73.8 Å². The third-order valence-corrected chi connectivity index (χ3v) is 9.06. The second-order valence-corrected chi connectivity index (χ2v) is 13.4. The zero-order valence-corrected chi connectivity index (χ0v) is 26.6. The zero-order valence-electron chi connectivity index (χ0n) is 25.7. The maximum atomic E-state index is 14.5. The van der Waals surface area contributed by atoms with Crippen molar-refractivity contribution in [2.45, 2.75) is 72.4 Å². The zero-order chi connectivity index (χ0) is 31.9. The van der Waals surface area contributed by atoms with Crippen LogP contribution >= 0.6 is 0 Å². The maximum Gasteiger partial charge on any atom is 0.259 e. The second kappa shape index (κ2) is 14.5. The van der Waals surface area contributed by atoms with E-state index in [-0.39, 0.29) is 24.5 Å². The topological polar surface area (TPSA) is 144 Å². The van der Waals surface area contributed by atoms with Crippen LogP contribution < -0.4 is 5.73 Å². The largest absolute Gasteiger partial charge is 0.368 e. The van der Waals surface area contributed by atoms with E-state index < -0.39 is 39.8 Å². The molecule has 43 heavy (non-hydrogen) atoms. The first-order chi connectivity index (χ1) is 20.2. The van der Waals surface area contributed by atoms with Crippen LogP contribution in [-0.4, -0.2) is 65.4 Å². The summed E-state index contributed by atoms with van der Waals surface area (Å²) < 4.78 is 33.3. The lowest BCUT2D eigenvalue weighted by atomic mass is 9.99. The van der Waals surface area contributed by atoms with E-state index in [0.717, 1.165) is 16.7 Å². The number of primary amides is 1. The van der Waals surface area contributed by atoms with Gasteiger partial charge < -0.3 is 15.2 Å². The standard InChI is InChI=1S/C32H42N4O6S/c1-7-8-15-43(40,41)36(27(30(33)37)16-21(2)3)32(39)28(35(6)31(38)26-18-22(4)17-23(5)19-26)20-24-9-11-25(12-10-24)29-13-14-34-42-29/h9-14,17-19,21,27-28H,7-8,15-16,20H2,1-6H3,(H2,33,37)/t27-,28-/m0/s1. The number of hydrogen-bond donors (Lipinski definition) is 1. The molecule has 3 rings (SSSR count). The fraction of sp³-hybridized carbons (Fsp3) is 0.438. The molecule has 2 atom stereocenters. The molecule has 0 saturated carbocycles. The van der Waals surface area contributed by atoms with Crippen LogP contribution in [0.2, 0.25) is 0 Å². The predicted molar refractivity (Wildman–Crippen MR) is 165 cm³/mol. The summed E-state index contributed by atoms with van der Waals surface area (Å²) in [6.07, 6.45) is 2.45. The van der Waals surface area contributed by atoms with Gasteiger partial charge in [-0.25, -0.2) is 12.7 Å². The van der Waals surface area contributed by atoms with E-state index in [4.69, 9.17) is 10.3 Å². The fourth-order valence-corrected chi connectivity index (χ4v) is 6.88. The molecule has 11 heteroatoms. The molecule has 1 aromatic heterocycles. The van der Waals surface area contributed by atoms with Gasteiger partial charge in [0, 0.05) is 30.7 Å². The highest BCUT2D eigenvalue weighted by Gasteiger charge is 2.42.